The molecule has 0 radical (unpaired) electrons. The van der Waals surface area contributed by atoms with Crippen LogP contribution in [0.4, 0.5) is 0 Å². The van der Waals surface area contributed by atoms with Gasteiger partial charge < -0.3 is 0 Å². The molecule has 16 heavy (non-hydrogen) atoms. The molecule has 3 nitrogen and oxygen atoms in total. The van der Waals surface area contributed by atoms with Crippen molar-refractivity contribution in [3.8, 4) is 6.07 Å². The van der Waals surface area contributed by atoms with Gasteiger partial charge in [0.05, 0.1) is 0 Å². The van der Waals surface area contributed by atoms with Crippen LogP contribution < -0.4 is 0 Å². The maximum absolute atomic E-state index is 8.85. The van der Waals surface area contributed by atoms with E-state index in [0.717, 1.165) is 5.75 Å². The second kappa shape index (κ2) is 5.29. The second-order valence-electron chi connectivity index (χ2n) is 3.10. The second-order valence-corrected chi connectivity index (χ2v) is 4.06. The Balaban J connectivity index is 2.09. The summed E-state index contributed by atoms with van der Waals surface area (Å²) < 4.78 is 0. The Labute approximate surface area is 98.2 Å². The number of hydrogen-bond acceptors (Lipinski definition) is 4. The first-order valence-corrected chi connectivity index (χ1v) is 5.76. The Morgan fingerprint density at radius 1 is 1.12 bits per heavy atom. The molecule has 0 bridgehead atoms. The molecular formula is C12H9N3S. The standard InChI is InChI=1S/C12H9N3S/c13-8-11-12(15-7-6-14-11)16-9-10-4-2-1-3-5-10/h1-7H,9H2. The molecule has 0 amide bonds. The highest BCUT2D eigenvalue weighted by atomic mass is 32.2. The highest BCUT2D eigenvalue weighted by molar-refractivity contribution is 7.98. The zero-order chi connectivity index (χ0) is 11.2. The Kier molecular flexibility index (Phi) is 3.52. The van der Waals surface area contributed by atoms with Crippen molar-refractivity contribution < 1.29 is 0 Å². The predicted octanol–water partition coefficient (Wildman–Crippen LogP) is 2.64. The minimum absolute atomic E-state index is 0.392. The van der Waals surface area contributed by atoms with E-state index in [2.05, 4.69) is 22.1 Å². The smallest absolute Gasteiger partial charge is 0.172 e. The molecule has 0 saturated carbocycles. The molecule has 0 atom stereocenters. The van der Waals surface area contributed by atoms with Gasteiger partial charge in [0.2, 0.25) is 0 Å². The molecule has 1 aromatic carbocycles. The van der Waals surface area contributed by atoms with Crippen LogP contribution in [0, 0.1) is 11.3 Å². The van der Waals surface area contributed by atoms with Crippen molar-refractivity contribution in [2.24, 2.45) is 0 Å². The molecular weight excluding hydrogens is 218 g/mol. The normalized spacial score (nSPS) is 9.69. The summed E-state index contributed by atoms with van der Waals surface area (Å²) in [5, 5.41) is 9.54. The van der Waals surface area contributed by atoms with Crippen molar-refractivity contribution in [3.05, 3.63) is 54.0 Å². The number of hydrogen-bond donors (Lipinski definition) is 0. The van der Waals surface area contributed by atoms with E-state index < -0.39 is 0 Å². The third-order valence-electron chi connectivity index (χ3n) is 1.99. The number of nitriles is 1. The van der Waals surface area contributed by atoms with Crippen LogP contribution in [0.25, 0.3) is 0 Å². The lowest BCUT2D eigenvalue weighted by Gasteiger charge is -2.01. The van der Waals surface area contributed by atoms with E-state index in [4.69, 9.17) is 5.26 Å². The van der Waals surface area contributed by atoms with Gasteiger partial charge in [-0.3, -0.25) is 0 Å². The van der Waals surface area contributed by atoms with E-state index >= 15 is 0 Å². The number of thioether (sulfide) groups is 1. The van der Waals surface area contributed by atoms with Gasteiger partial charge in [0.1, 0.15) is 11.1 Å². The number of rotatable bonds is 3. The van der Waals surface area contributed by atoms with Crippen LogP contribution in [0.2, 0.25) is 0 Å². The molecule has 2 rings (SSSR count). The predicted molar refractivity (Wildman–Crippen MR) is 62.8 cm³/mol. The van der Waals surface area contributed by atoms with Gasteiger partial charge in [-0.05, 0) is 5.56 Å². The minimum atomic E-state index is 0.392. The van der Waals surface area contributed by atoms with Crippen molar-refractivity contribution in [1.82, 2.24) is 9.97 Å². The third-order valence-corrected chi connectivity index (χ3v) is 3.04. The van der Waals surface area contributed by atoms with Gasteiger partial charge in [-0.2, -0.15) is 5.26 Å². The first kappa shape index (κ1) is 10.7. The first-order chi connectivity index (χ1) is 7.90. The Morgan fingerprint density at radius 3 is 2.62 bits per heavy atom. The monoisotopic (exact) mass is 227 g/mol. The summed E-state index contributed by atoms with van der Waals surface area (Å²) >= 11 is 1.53. The van der Waals surface area contributed by atoms with Gasteiger partial charge >= 0.3 is 0 Å². The number of aromatic nitrogens is 2. The van der Waals surface area contributed by atoms with Crippen molar-refractivity contribution in [1.29, 1.82) is 5.26 Å². The van der Waals surface area contributed by atoms with Crippen LogP contribution in [-0.2, 0) is 5.75 Å². The van der Waals surface area contributed by atoms with Crippen LogP contribution in [0.1, 0.15) is 11.3 Å². The molecule has 0 aliphatic heterocycles. The Morgan fingerprint density at radius 2 is 1.88 bits per heavy atom. The van der Waals surface area contributed by atoms with E-state index in [9.17, 15) is 0 Å². The summed E-state index contributed by atoms with van der Waals surface area (Å²) in [6.07, 6.45) is 3.14. The van der Waals surface area contributed by atoms with Crippen LogP contribution in [-0.4, -0.2) is 9.97 Å². The van der Waals surface area contributed by atoms with E-state index in [1.54, 1.807) is 6.20 Å². The molecule has 2 aromatic rings. The minimum Gasteiger partial charge on any atom is -0.245 e. The molecule has 0 N–H and O–H groups in total. The first-order valence-electron chi connectivity index (χ1n) is 4.78. The van der Waals surface area contributed by atoms with Gasteiger partial charge in [-0.15, -0.1) is 0 Å². The Hall–Kier alpha value is -1.86. The van der Waals surface area contributed by atoms with E-state index in [-0.39, 0.29) is 0 Å². The molecule has 1 heterocycles. The molecule has 0 saturated heterocycles. The maximum atomic E-state index is 8.85. The average molecular weight is 227 g/mol. The zero-order valence-electron chi connectivity index (χ0n) is 8.50. The lowest BCUT2D eigenvalue weighted by Crippen LogP contribution is -1.90. The highest BCUT2D eigenvalue weighted by Gasteiger charge is 2.04. The molecule has 0 fully saturated rings. The molecule has 0 aliphatic carbocycles. The van der Waals surface area contributed by atoms with Crippen LogP contribution in [0.15, 0.2) is 47.8 Å². The Bertz CT molecular complexity index is 505. The van der Waals surface area contributed by atoms with Crippen molar-refractivity contribution in [3.63, 3.8) is 0 Å². The summed E-state index contributed by atoms with van der Waals surface area (Å²) in [5.74, 6) is 0.800. The largest absolute Gasteiger partial charge is 0.245 e. The zero-order valence-corrected chi connectivity index (χ0v) is 9.31. The molecule has 4 heteroatoms. The fourth-order valence-electron chi connectivity index (χ4n) is 1.23. The number of nitrogens with zero attached hydrogens (tertiary/aromatic N) is 3. The number of benzene rings is 1. The summed E-state index contributed by atoms with van der Waals surface area (Å²) in [7, 11) is 0. The quantitative estimate of drug-likeness (QED) is 0.756. The summed E-state index contributed by atoms with van der Waals surface area (Å²) in [4.78, 5) is 8.11. The van der Waals surface area contributed by atoms with Gasteiger partial charge in [0.25, 0.3) is 0 Å². The fourth-order valence-corrected chi connectivity index (χ4v) is 2.10. The van der Waals surface area contributed by atoms with E-state index in [0.29, 0.717) is 10.7 Å². The fraction of sp³-hybridized carbons (Fsp3) is 0.0833. The van der Waals surface area contributed by atoms with Crippen molar-refractivity contribution in [2.45, 2.75) is 10.8 Å². The lowest BCUT2D eigenvalue weighted by atomic mass is 10.2. The van der Waals surface area contributed by atoms with Gasteiger partial charge in [0, 0.05) is 18.1 Å². The van der Waals surface area contributed by atoms with E-state index in [1.165, 1.54) is 23.5 Å². The summed E-state index contributed by atoms with van der Waals surface area (Å²) in [6.45, 7) is 0. The van der Waals surface area contributed by atoms with Crippen LogP contribution in [0.3, 0.4) is 0 Å². The van der Waals surface area contributed by atoms with Gasteiger partial charge in [0.15, 0.2) is 5.69 Å². The molecule has 78 valence electrons. The average Bonchev–Trinajstić information content (AvgIpc) is 2.38. The summed E-state index contributed by atoms with van der Waals surface area (Å²) in [5.41, 5.74) is 1.60. The van der Waals surface area contributed by atoms with Crippen LogP contribution in [0.5, 0.6) is 0 Å². The molecule has 0 spiro atoms. The highest BCUT2D eigenvalue weighted by Crippen LogP contribution is 2.22. The van der Waals surface area contributed by atoms with Gasteiger partial charge in [-0.25, -0.2) is 9.97 Å². The molecule has 0 unspecified atom stereocenters. The van der Waals surface area contributed by atoms with E-state index in [1.807, 2.05) is 24.3 Å². The SMILES string of the molecule is N#Cc1nccnc1SCc1ccccc1. The third kappa shape index (κ3) is 2.59. The summed E-state index contributed by atoms with van der Waals surface area (Å²) in [6, 6.07) is 12.1. The lowest BCUT2D eigenvalue weighted by molar-refractivity contribution is 1.02. The van der Waals surface area contributed by atoms with Crippen molar-refractivity contribution >= 4 is 11.8 Å². The van der Waals surface area contributed by atoms with Crippen LogP contribution >= 0.6 is 11.8 Å². The maximum Gasteiger partial charge on any atom is 0.172 e. The van der Waals surface area contributed by atoms with Gasteiger partial charge in [-0.1, -0.05) is 42.1 Å². The van der Waals surface area contributed by atoms with Crippen molar-refractivity contribution in [2.75, 3.05) is 0 Å². The topological polar surface area (TPSA) is 49.6 Å². The molecule has 0 aliphatic rings. The molecule has 1 aromatic heterocycles.